The monoisotopic (exact) mass is 371 g/mol. The Morgan fingerprint density at radius 3 is 2.54 bits per heavy atom. The lowest BCUT2D eigenvalue weighted by Crippen LogP contribution is -2.14. The first-order valence-corrected chi connectivity index (χ1v) is 8.15. The molecule has 0 fully saturated rings. The maximum atomic E-state index is 13.2. The summed E-state index contributed by atoms with van der Waals surface area (Å²) < 4.78 is 13.2. The van der Waals surface area contributed by atoms with Crippen LogP contribution in [-0.2, 0) is 13.0 Å². The number of hydrogen-bond acceptors (Lipinski definition) is 4. The van der Waals surface area contributed by atoms with Gasteiger partial charge in [0.15, 0.2) is 0 Å². The molecular formula is C19H15ClFN3O2. The smallest absolute Gasteiger partial charge is 0.250 e. The van der Waals surface area contributed by atoms with Crippen LogP contribution < -0.4 is 5.73 Å². The van der Waals surface area contributed by atoms with Crippen molar-refractivity contribution < 1.29 is 14.3 Å². The molecule has 0 spiro atoms. The zero-order valence-corrected chi connectivity index (χ0v) is 14.4. The minimum atomic E-state index is -0.621. The number of rotatable bonds is 5. The molecule has 0 aliphatic rings. The van der Waals surface area contributed by atoms with E-state index in [9.17, 15) is 14.3 Å². The molecule has 0 radical (unpaired) electrons. The number of aliphatic hydroxyl groups excluding tert-OH is 1. The van der Waals surface area contributed by atoms with Gasteiger partial charge in [0.2, 0.25) is 0 Å². The lowest BCUT2D eigenvalue weighted by atomic mass is 10.0. The zero-order valence-electron chi connectivity index (χ0n) is 13.6. The average Bonchev–Trinajstić information content (AvgIpc) is 2.65. The van der Waals surface area contributed by atoms with Crippen LogP contribution in [0.2, 0.25) is 5.02 Å². The number of amides is 1. The van der Waals surface area contributed by atoms with Crippen LogP contribution in [0.4, 0.5) is 4.39 Å². The second kappa shape index (κ2) is 7.59. The molecule has 5 nitrogen and oxygen atoms in total. The highest BCUT2D eigenvalue weighted by molar-refractivity contribution is 6.30. The summed E-state index contributed by atoms with van der Waals surface area (Å²) in [6, 6.07) is 11.2. The van der Waals surface area contributed by atoms with Crippen LogP contribution in [0.3, 0.4) is 0 Å². The first kappa shape index (κ1) is 18.0. The molecule has 3 N–H and O–H groups in total. The van der Waals surface area contributed by atoms with Gasteiger partial charge in [0, 0.05) is 6.20 Å². The third kappa shape index (κ3) is 3.87. The Hall–Kier alpha value is -2.83. The minimum Gasteiger partial charge on any atom is -0.390 e. The van der Waals surface area contributed by atoms with Gasteiger partial charge >= 0.3 is 0 Å². The normalized spacial score (nSPS) is 10.7. The number of aromatic nitrogens is 2. The number of primary amides is 1. The van der Waals surface area contributed by atoms with Gasteiger partial charge in [-0.15, -0.1) is 0 Å². The van der Waals surface area contributed by atoms with E-state index in [4.69, 9.17) is 17.3 Å². The maximum Gasteiger partial charge on any atom is 0.250 e. The van der Waals surface area contributed by atoms with Crippen LogP contribution in [0.1, 0.15) is 27.2 Å². The highest BCUT2D eigenvalue weighted by Crippen LogP contribution is 2.22. The SMILES string of the molecule is NC(=O)c1ccc(CO)nc1-c1ccc(Cc2ccc(F)c(Cl)c2)cn1. The molecule has 26 heavy (non-hydrogen) atoms. The summed E-state index contributed by atoms with van der Waals surface area (Å²) in [6.45, 7) is -0.255. The molecule has 2 aromatic heterocycles. The Kier molecular flexibility index (Phi) is 5.25. The van der Waals surface area contributed by atoms with Crippen molar-refractivity contribution in [2.24, 2.45) is 5.73 Å². The lowest BCUT2D eigenvalue weighted by molar-refractivity contribution is 0.100. The van der Waals surface area contributed by atoms with E-state index in [0.717, 1.165) is 11.1 Å². The van der Waals surface area contributed by atoms with E-state index in [0.29, 0.717) is 23.5 Å². The van der Waals surface area contributed by atoms with Crippen molar-refractivity contribution in [2.75, 3.05) is 0 Å². The fraction of sp³-hybridized carbons (Fsp3) is 0.105. The van der Waals surface area contributed by atoms with Gasteiger partial charge in [-0.05, 0) is 47.9 Å². The van der Waals surface area contributed by atoms with Crippen LogP contribution in [0, 0.1) is 5.82 Å². The highest BCUT2D eigenvalue weighted by Gasteiger charge is 2.14. The molecule has 7 heteroatoms. The number of halogens is 2. The van der Waals surface area contributed by atoms with Gasteiger partial charge < -0.3 is 10.8 Å². The van der Waals surface area contributed by atoms with E-state index >= 15 is 0 Å². The van der Waals surface area contributed by atoms with Gasteiger partial charge in [0.25, 0.3) is 5.91 Å². The summed E-state index contributed by atoms with van der Waals surface area (Å²) in [5.74, 6) is -1.08. The number of hydrogen-bond donors (Lipinski definition) is 2. The van der Waals surface area contributed by atoms with Crippen molar-refractivity contribution in [2.45, 2.75) is 13.0 Å². The molecule has 0 saturated heterocycles. The molecule has 3 aromatic rings. The molecule has 1 aromatic carbocycles. The third-order valence-electron chi connectivity index (χ3n) is 3.84. The third-order valence-corrected chi connectivity index (χ3v) is 4.13. The van der Waals surface area contributed by atoms with Crippen LogP contribution in [0.15, 0.2) is 48.7 Å². The number of carbonyl (C=O) groups excluding carboxylic acids is 1. The summed E-state index contributed by atoms with van der Waals surface area (Å²) in [5.41, 5.74) is 8.56. The van der Waals surface area contributed by atoms with Crippen molar-refractivity contribution >= 4 is 17.5 Å². The Bertz CT molecular complexity index is 961. The van der Waals surface area contributed by atoms with Crippen molar-refractivity contribution in [1.29, 1.82) is 0 Å². The van der Waals surface area contributed by atoms with Crippen LogP contribution >= 0.6 is 11.6 Å². The number of aliphatic hydroxyl groups is 1. The standard InChI is InChI=1S/C19H15ClFN3O2/c20-15-8-11(1-5-16(15)21)7-12-2-6-17(23-9-12)18-14(19(22)26)4-3-13(10-25)24-18/h1-6,8-9,25H,7,10H2,(H2,22,26). The summed E-state index contributed by atoms with van der Waals surface area (Å²) in [6.07, 6.45) is 2.17. The molecule has 1 amide bonds. The minimum absolute atomic E-state index is 0.0724. The van der Waals surface area contributed by atoms with Crippen LogP contribution in [-0.4, -0.2) is 21.0 Å². The van der Waals surface area contributed by atoms with Crippen molar-refractivity contribution in [3.05, 3.63) is 81.9 Å². The summed E-state index contributed by atoms with van der Waals surface area (Å²) in [4.78, 5) is 20.2. The molecule has 0 saturated carbocycles. The largest absolute Gasteiger partial charge is 0.390 e. The molecule has 0 unspecified atom stereocenters. The Morgan fingerprint density at radius 2 is 1.92 bits per heavy atom. The maximum absolute atomic E-state index is 13.2. The van der Waals surface area contributed by atoms with Gasteiger partial charge in [-0.1, -0.05) is 23.7 Å². The molecule has 0 bridgehead atoms. The van der Waals surface area contributed by atoms with Crippen LogP contribution in [0.25, 0.3) is 11.4 Å². The summed E-state index contributed by atoms with van der Waals surface area (Å²) in [5, 5.41) is 9.32. The number of benzene rings is 1. The zero-order chi connectivity index (χ0) is 18.7. The molecule has 0 atom stereocenters. The summed E-state index contributed by atoms with van der Waals surface area (Å²) >= 11 is 5.80. The van der Waals surface area contributed by atoms with Crippen molar-refractivity contribution in [3.63, 3.8) is 0 Å². The second-order valence-corrected chi connectivity index (χ2v) is 6.11. The van der Waals surface area contributed by atoms with E-state index in [-0.39, 0.29) is 17.2 Å². The van der Waals surface area contributed by atoms with E-state index in [2.05, 4.69) is 9.97 Å². The van der Waals surface area contributed by atoms with Crippen molar-refractivity contribution in [1.82, 2.24) is 9.97 Å². The van der Waals surface area contributed by atoms with Gasteiger partial charge in [0.05, 0.1) is 28.6 Å². The number of pyridine rings is 2. The van der Waals surface area contributed by atoms with Gasteiger partial charge in [-0.2, -0.15) is 0 Å². The van der Waals surface area contributed by atoms with E-state index in [1.54, 1.807) is 24.4 Å². The molecule has 132 valence electrons. The number of nitrogens with two attached hydrogens (primary N) is 1. The number of carbonyl (C=O) groups is 1. The quantitative estimate of drug-likeness (QED) is 0.721. The van der Waals surface area contributed by atoms with Crippen LogP contribution in [0.5, 0.6) is 0 Å². The molecule has 0 aliphatic carbocycles. The molecule has 2 heterocycles. The van der Waals surface area contributed by atoms with E-state index in [1.165, 1.54) is 18.2 Å². The Morgan fingerprint density at radius 1 is 1.15 bits per heavy atom. The Labute approximate surface area is 154 Å². The number of nitrogens with zero attached hydrogens (tertiary/aromatic N) is 2. The van der Waals surface area contributed by atoms with Crippen molar-refractivity contribution in [3.8, 4) is 11.4 Å². The van der Waals surface area contributed by atoms with E-state index < -0.39 is 11.7 Å². The fourth-order valence-electron chi connectivity index (χ4n) is 2.54. The first-order valence-electron chi connectivity index (χ1n) is 7.77. The van der Waals surface area contributed by atoms with Gasteiger partial charge in [0.1, 0.15) is 11.5 Å². The van der Waals surface area contributed by atoms with Gasteiger partial charge in [-0.3, -0.25) is 9.78 Å². The molecule has 0 aliphatic heterocycles. The topological polar surface area (TPSA) is 89.1 Å². The lowest BCUT2D eigenvalue weighted by Gasteiger charge is -2.08. The Balaban J connectivity index is 1.90. The second-order valence-electron chi connectivity index (χ2n) is 5.70. The van der Waals surface area contributed by atoms with Gasteiger partial charge in [-0.25, -0.2) is 9.37 Å². The summed E-state index contributed by atoms with van der Waals surface area (Å²) in [7, 11) is 0. The van der Waals surface area contributed by atoms with E-state index in [1.807, 2.05) is 6.07 Å². The first-order chi connectivity index (χ1) is 12.5. The predicted octanol–water partition coefficient (Wildman–Crippen LogP) is 3.12. The average molecular weight is 372 g/mol. The highest BCUT2D eigenvalue weighted by atomic mass is 35.5. The predicted molar refractivity (Wildman–Crippen MR) is 96.1 cm³/mol. The molecule has 3 rings (SSSR count). The fourth-order valence-corrected chi connectivity index (χ4v) is 2.74. The molecular weight excluding hydrogens is 357 g/mol.